The quantitative estimate of drug-likeness (QED) is 0.655. The highest BCUT2D eigenvalue weighted by Crippen LogP contribution is 2.41. The first kappa shape index (κ1) is 10.5. The van der Waals surface area contributed by atoms with Crippen molar-refractivity contribution in [2.75, 3.05) is 0 Å². The third-order valence-corrected chi connectivity index (χ3v) is 3.42. The Morgan fingerprint density at radius 3 is 2.80 bits per heavy atom. The summed E-state index contributed by atoms with van der Waals surface area (Å²) >= 11 is 0. The Kier molecular flexibility index (Phi) is 2.47. The molecule has 2 rings (SSSR count). The molecule has 15 heavy (non-hydrogen) atoms. The van der Waals surface area contributed by atoms with Crippen LogP contribution >= 0.6 is 0 Å². The molecular weight excluding hydrogens is 194 g/mol. The van der Waals surface area contributed by atoms with E-state index in [1.54, 1.807) is 0 Å². The number of hydrogen-bond acceptors (Lipinski definition) is 5. The van der Waals surface area contributed by atoms with Crippen LogP contribution in [0.25, 0.3) is 0 Å². The number of aliphatic hydroxyl groups excluding tert-OH is 1. The van der Waals surface area contributed by atoms with Gasteiger partial charge in [0, 0.05) is 11.5 Å². The summed E-state index contributed by atoms with van der Waals surface area (Å²) in [7, 11) is 0. The van der Waals surface area contributed by atoms with Gasteiger partial charge in [-0.1, -0.05) is 19.1 Å². The molecule has 3 atom stereocenters. The van der Waals surface area contributed by atoms with Crippen LogP contribution in [0.3, 0.4) is 0 Å². The first-order valence-corrected chi connectivity index (χ1v) is 5.19. The topological polar surface area (TPSA) is 86.7 Å². The molecule has 1 aliphatic rings. The van der Waals surface area contributed by atoms with Crippen LogP contribution in [-0.2, 0) is 0 Å². The summed E-state index contributed by atoms with van der Waals surface area (Å²) in [6.07, 6.45) is 0.572. The zero-order valence-electron chi connectivity index (χ0n) is 9.23. The lowest BCUT2D eigenvalue weighted by molar-refractivity contribution is -0.0757. The number of aromatic amines is 1. The van der Waals surface area contributed by atoms with E-state index in [1.165, 1.54) is 0 Å². The predicted molar refractivity (Wildman–Crippen MR) is 53.9 cm³/mol. The maximum atomic E-state index is 9.60. The lowest BCUT2D eigenvalue weighted by atomic mass is 9.64. The van der Waals surface area contributed by atoms with Crippen LogP contribution < -0.4 is 5.32 Å². The van der Waals surface area contributed by atoms with Gasteiger partial charge >= 0.3 is 0 Å². The fraction of sp³-hybridized carbons (Fsp3) is 0.889. The van der Waals surface area contributed by atoms with Crippen LogP contribution in [0, 0.1) is 5.41 Å². The van der Waals surface area contributed by atoms with Crippen LogP contribution in [0.5, 0.6) is 0 Å². The van der Waals surface area contributed by atoms with Gasteiger partial charge in [-0.15, -0.1) is 10.2 Å². The number of nitrogens with zero attached hydrogens (tertiary/aromatic N) is 3. The second kappa shape index (κ2) is 3.53. The van der Waals surface area contributed by atoms with Crippen molar-refractivity contribution in [1.82, 2.24) is 25.9 Å². The molecule has 0 radical (unpaired) electrons. The van der Waals surface area contributed by atoms with Crippen molar-refractivity contribution < 1.29 is 5.11 Å². The van der Waals surface area contributed by atoms with E-state index in [0.717, 1.165) is 6.42 Å². The summed E-state index contributed by atoms with van der Waals surface area (Å²) in [6, 6.07) is 0.363. The van der Waals surface area contributed by atoms with E-state index in [9.17, 15) is 5.11 Å². The molecule has 6 heteroatoms. The maximum Gasteiger partial charge on any atom is 0.191 e. The van der Waals surface area contributed by atoms with Gasteiger partial charge in [-0.2, -0.15) is 5.21 Å². The Balaban J connectivity index is 1.94. The lowest BCUT2D eigenvalue weighted by Gasteiger charge is -2.50. The maximum absolute atomic E-state index is 9.60. The number of nitrogens with one attached hydrogen (secondary N) is 2. The fourth-order valence-electron chi connectivity index (χ4n) is 1.91. The van der Waals surface area contributed by atoms with E-state index in [1.807, 2.05) is 6.92 Å². The minimum Gasteiger partial charge on any atom is -0.392 e. The molecule has 0 spiro atoms. The molecule has 1 fully saturated rings. The van der Waals surface area contributed by atoms with Crippen molar-refractivity contribution in [3.8, 4) is 0 Å². The second-order valence-corrected chi connectivity index (χ2v) is 4.78. The van der Waals surface area contributed by atoms with Crippen molar-refractivity contribution >= 4 is 0 Å². The minimum atomic E-state index is -0.215. The number of H-pyrrole nitrogens is 1. The summed E-state index contributed by atoms with van der Waals surface area (Å²) in [5.41, 5.74) is -0.0714. The van der Waals surface area contributed by atoms with Crippen LogP contribution in [-0.4, -0.2) is 37.9 Å². The third kappa shape index (κ3) is 1.74. The van der Waals surface area contributed by atoms with Crippen molar-refractivity contribution in [1.29, 1.82) is 0 Å². The number of aromatic nitrogens is 4. The Bertz CT molecular complexity index is 323. The molecule has 84 valence electrons. The van der Waals surface area contributed by atoms with Crippen molar-refractivity contribution in [3.05, 3.63) is 5.82 Å². The highest BCUT2D eigenvalue weighted by atomic mass is 16.3. The Morgan fingerprint density at radius 2 is 2.33 bits per heavy atom. The van der Waals surface area contributed by atoms with Gasteiger partial charge in [0.05, 0.1) is 12.1 Å². The summed E-state index contributed by atoms with van der Waals surface area (Å²) in [5.74, 6) is 0.659. The van der Waals surface area contributed by atoms with Gasteiger partial charge in [0.2, 0.25) is 0 Å². The first-order chi connectivity index (χ1) is 7.01. The summed E-state index contributed by atoms with van der Waals surface area (Å²) in [5, 5.41) is 26.8. The van der Waals surface area contributed by atoms with Gasteiger partial charge in [0.15, 0.2) is 5.82 Å². The van der Waals surface area contributed by atoms with Gasteiger partial charge in [-0.25, -0.2) is 0 Å². The molecule has 3 unspecified atom stereocenters. The average Bonchev–Trinajstić information content (AvgIpc) is 2.70. The van der Waals surface area contributed by atoms with Gasteiger partial charge in [-0.3, -0.25) is 0 Å². The first-order valence-electron chi connectivity index (χ1n) is 5.19. The molecule has 0 saturated heterocycles. The highest BCUT2D eigenvalue weighted by molar-refractivity contribution is 5.03. The van der Waals surface area contributed by atoms with Crippen LogP contribution in [0.4, 0.5) is 0 Å². The van der Waals surface area contributed by atoms with E-state index >= 15 is 0 Å². The molecule has 0 bridgehead atoms. The zero-order valence-corrected chi connectivity index (χ0v) is 9.23. The zero-order chi connectivity index (χ0) is 11.1. The molecule has 1 heterocycles. The molecule has 0 aromatic carbocycles. The monoisotopic (exact) mass is 211 g/mol. The number of rotatable bonds is 3. The highest BCUT2D eigenvalue weighted by Gasteiger charge is 2.47. The molecule has 0 amide bonds. The second-order valence-electron chi connectivity index (χ2n) is 4.78. The fourth-order valence-corrected chi connectivity index (χ4v) is 1.91. The standard InChI is InChI=1S/C9H17N5O/c1-5(8-11-13-14-12-8)10-6-4-7(15)9(6,2)3/h5-7,10,15H,4H2,1-3H3,(H,11,12,13,14). The smallest absolute Gasteiger partial charge is 0.191 e. The molecule has 1 aromatic rings. The number of aliphatic hydroxyl groups is 1. The Labute approximate surface area is 88.5 Å². The number of tetrazole rings is 1. The Morgan fingerprint density at radius 1 is 1.60 bits per heavy atom. The summed E-state index contributed by atoms with van der Waals surface area (Å²) < 4.78 is 0. The lowest BCUT2D eigenvalue weighted by Crippen LogP contribution is -2.60. The van der Waals surface area contributed by atoms with E-state index < -0.39 is 0 Å². The van der Waals surface area contributed by atoms with Crippen molar-refractivity contribution in [3.63, 3.8) is 0 Å². The minimum absolute atomic E-state index is 0.0560. The summed E-state index contributed by atoms with van der Waals surface area (Å²) in [4.78, 5) is 0. The normalized spacial score (nSPS) is 30.9. The van der Waals surface area contributed by atoms with Crippen LogP contribution in [0.15, 0.2) is 0 Å². The Hall–Kier alpha value is -1.01. The molecular formula is C9H17N5O. The van der Waals surface area contributed by atoms with E-state index in [2.05, 4.69) is 39.8 Å². The molecule has 6 nitrogen and oxygen atoms in total. The molecule has 3 N–H and O–H groups in total. The molecule has 1 aromatic heterocycles. The third-order valence-electron chi connectivity index (χ3n) is 3.42. The number of hydrogen-bond donors (Lipinski definition) is 3. The van der Waals surface area contributed by atoms with Crippen molar-refractivity contribution in [2.24, 2.45) is 5.41 Å². The van der Waals surface area contributed by atoms with E-state index in [-0.39, 0.29) is 17.6 Å². The molecule has 1 saturated carbocycles. The SMILES string of the molecule is CC(NC1CC(O)C1(C)C)c1nn[nH]n1. The van der Waals surface area contributed by atoms with Gasteiger partial charge < -0.3 is 10.4 Å². The van der Waals surface area contributed by atoms with Crippen molar-refractivity contribution in [2.45, 2.75) is 45.4 Å². The van der Waals surface area contributed by atoms with Crippen LogP contribution in [0.2, 0.25) is 0 Å². The molecule has 0 aliphatic heterocycles. The van der Waals surface area contributed by atoms with Gasteiger partial charge in [0.1, 0.15) is 0 Å². The largest absolute Gasteiger partial charge is 0.392 e. The van der Waals surface area contributed by atoms with Crippen LogP contribution in [0.1, 0.15) is 39.1 Å². The summed E-state index contributed by atoms with van der Waals surface area (Å²) in [6.45, 7) is 6.11. The average molecular weight is 211 g/mol. The van der Waals surface area contributed by atoms with Gasteiger partial charge in [0.25, 0.3) is 0 Å². The van der Waals surface area contributed by atoms with E-state index in [0.29, 0.717) is 11.9 Å². The molecule has 1 aliphatic carbocycles. The van der Waals surface area contributed by atoms with E-state index in [4.69, 9.17) is 0 Å². The predicted octanol–water partition coefficient (Wildman–Crippen LogP) is 0.00970. The van der Waals surface area contributed by atoms with Gasteiger partial charge in [-0.05, 0) is 13.3 Å².